The number of hydrogen-bond acceptors (Lipinski definition) is 2. The maximum atomic E-state index is 6.23. The van der Waals surface area contributed by atoms with Crippen LogP contribution in [0.5, 0.6) is 0 Å². The molecule has 1 aromatic rings. The lowest BCUT2D eigenvalue weighted by atomic mass is 9.98. The van der Waals surface area contributed by atoms with Gasteiger partial charge in [0.05, 0.1) is 0 Å². The van der Waals surface area contributed by atoms with Crippen molar-refractivity contribution in [3.05, 3.63) is 35.9 Å². The maximum absolute atomic E-state index is 6.23. The lowest BCUT2D eigenvalue weighted by Gasteiger charge is -2.36. The highest BCUT2D eigenvalue weighted by molar-refractivity contribution is 5.14. The topological polar surface area (TPSA) is 29.3 Å². The molecule has 2 nitrogen and oxygen atoms in total. The number of rotatable bonds is 7. The minimum atomic E-state index is 0.240. The van der Waals surface area contributed by atoms with E-state index in [9.17, 15) is 0 Å². The number of benzene rings is 1. The lowest BCUT2D eigenvalue weighted by molar-refractivity contribution is 0.141. The summed E-state index contributed by atoms with van der Waals surface area (Å²) in [5.41, 5.74) is 7.85. The van der Waals surface area contributed by atoms with Crippen molar-refractivity contribution in [2.75, 3.05) is 13.6 Å². The van der Waals surface area contributed by atoms with Gasteiger partial charge in [0.15, 0.2) is 0 Å². The Hall–Kier alpha value is -0.860. The van der Waals surface area contributed by atoms with Crippen molar-refractivity contribution in [1.29, 1.82) is 0 Å². The molecule has 102 valence electrons. The van der Waals surface area contributed by atoms with Crippen LogP contribution in [0.3, 0.4) is 0 Å². The van der Waals surface area contributed by atoms with Gasteiger partial charge in [-0.3, -0.25) is 4.90 Å². The van der Waals surface area contributed by atoms with E-state index in [0.717, 1.165) is 25.8 Å². The van der Waals surface area contributed by atoms with Crippen LogP contribution >= 0.6 is 0 Å². The number of hydrogen-bond donors (Lipinski definition) is 1. The van der Waals surface area contributed by atoms with Crippen LogP contribution in [0, 0.1) is 0 Å². The molecule has 0 aliphatic carbocycles. The highest BCUT2D eigenvalue weighted by Gasteiger charge is 2.22. The second-order valence-electron chi connectivity index (χ2n) is 5.83. The first-order valence-electron chi connectivity index (χ1n) is 6.96. The predicted molar refractivity (Wildman–Crippen MR) is 79.7 cm³/mol. The van der Waals surface area contributed by atoms with Crippen LogP contribution in [0.25, 0.3) is 0 Å². The number of likely N-dealkylation sites (N-methyl/N-ethyl adjacent to an activating group) is 1. The molecule has 0 saturated heterocycles. The molecule has 18 heavy (non-hydrogen) atoms. The van der Waals surface area contributed by atoms with E-state index in [1.54, 1.807) is 0 Å². The lowest BCUT2D eigenvalue weighted by Crippen LogP contribution is -2.46. The van der Waals surface area contributed by atoms with Crippen LogP contribution in [0.4, 0.5) is 0 Å². The minimum absolute atomic E-state index is 0.240. The average Bonchev–Trinajstić information content (AvgIpc) is 2.37. The van der Waals surface area contributed by atoms with Gasteiger partial charge in [0, 0.05) is 18.1 Å². The molecule has 0 radical (unpaired) electrons. The zero-order chi connectivity index (χ0) is 13.6. The van der Waals surface area contributed by atoms with Gasteiger partial charge < -0.3 is 5.73 Å². The normalized spacial score (nSPS) is 13.9. The zero-order valence-electron chi connectivity index (χ0n) is 12.3. The van der Waals surface area contributed by atoms with Crippen molar-refractivity contribution in [2.24, 2.45) is 5.73 Å². The Kier molecular flexibility index (Phi) is 5.83. The quantitative estimate of drug-likeness (QED) is 0.803. The first-order chi connectivity index (χ1) is 8.45. The minimum Gasteiger partial charge on any atom is -0.327 e. The average molecular weight is 248 g/mol. The third-order valence-corrected chi connectivity index (χ3v) is 4.05. The fraction of sp³-hybridized carbons (Fsp3) is 0.625. The SMILES string of the molecule is CCC(C)(C)N(C)CC(N)CCc1ccccc1. The Morgan fingerprint density at radius 1 is 1.22 bits per heavy atom. The summed E-state index contributed by atoms with van der Waals surface area (Å²) in [7, 11) is 2.17. The number of nitrogens with two attached hydrogens (primary N) is 1. The third kappa shape index (κ3) is 4.79. The molecule has 0 heterocycles. The summed E-state index contributed by atoms with van der Waals surface area (Å²) in [6.07, 6.45) is 3.27. The first-order valence-corrected chi connectivity index (χ1v) is 6.96. The summed E-state index contributed by atoms with van der Waals surface area (Å²) in [5.74, 6) is 0. The molecule has 2 heteroatoms. The Morgan fingerprint density at radius 2 is 1.83 bits per heavy atom. The molecule has 0 aromatic heterocycles. The molecule has 0 aliphatic heterocycles. The zero-order valence-corrected chi connectivity index (χ0v) is 12.3. The summed E-state index contributed by atoms with van der Waals surface area (Å²) in [6, 6.07) is 10.8. The fourth-order valence-corrected chi connectivity index (χ4v) is 1.96. The molecule has 0 amide bonds. The summed E-state index contributed by atoms with van der Waals surface area (Å²) < 4.78 is 0. The summed E-state index contributed by atoms with van der Waals surface area (Å²) in [5, 5.41) is 0. The largest absolute Gasteiger partial charge is 0.327 e. The van der Waals surface area contributed by atoms with Crippen molar-refractivity contribution in [1.82, 2.24) is 4.90 Å². The van der Waals surface area contributed by atoms with Crippen LogP contribution in [0.15, 0.2) is 30.3 Å². The van der Waals surface area contributed by atoms with Crippen molar-refractivity contribution in [3.8, 4) is 0 Å². The standard InChI is InChI=1S/C16H28N2/c1-5-16(2,3)18(4)13-15(17)12-11-14-9-7-6-8-10-14/h6-10,15H,5,11-13,17H2,1-4H3. The van der Waals surface area contributed by atoms with E-state index >= 15 is 0 Å². The van der Waals surface area contributed by atoms with Gasteiger partial charge in [0.25, 0.3) is 0 Å². The van der Waals surface area contributed by atoms with Crippen molar-refractivity contribution < 1.29 is 0 Å². The van der Waals surface area contributed by atoms with Gasteiger partial charge in [0.2, 0.25) is 0 Å². The van der Waals surface area contributed by atoms with Crippen molar-refractivity contribution in [2.45, 2.75) is 51.6 Å². The van der Waals surface area contributed by atoms with E-state index in [1.807, 2.05) is 0 Å². The molecule has 0 saturated carbocycles. The van der Waals surface area contributed by atoms with Crippen LogP contribution in [-0.2, 0) is 6.42 Å². The van der Waals surface area contributed by atoms with Crippen molar-refractivity contribution in [3.63, 3.8) is 0 Å². The molecule has 1 atom stereocenters. The van der Waals surface area contributed by atoms with Gasteiger partial charge in [0.1, 0.15) is 0 Å². The third-order valence-electron chi connectivity index (χ3n) is 4.05. The number of aryl methyl sites for hydroxylation is 1. The van der Waals surface area contributed by atoms with Gasteiger partial charge in [-0.1, -0.05) is 37.3 Å². The molecule has 1 rings (SSSR count). The van der Waals surface area contributed by atoms with E-state index in [1.165, 1.54) is 5.56 Å². The number of nitrogens with zero attached hydrogens (tertiary/aromatic N) is 1. The Labute approximate surface area is 112 Å². The van der Waals surface area contributed by atoms with E-state index in [4.69, 9.17) is 5.73 Å². The van der Waals surface area contributed by atoms with Crippen LogP contribution in [0.1, 0.15) is 39.2 Å². The Morgan fingerprint density at radius 3 is 2.39 bits per heavy atom. The predicted octanol–water partition coefficient (Wildman–Crippen LogP) is 3.07. The van der Waals surface area contributed by atoms with Crippen LogP contribution < -0.4 is 5.73 Å². The van der Waals surface area contributed by atoms with Gasteiger partial charge >= 0.3 is 0 Å². The molecular weight excluding hydrogens is 220 g/mol. The summed E-state index contributed by atoms with van der Waals surface area (Å²) >= 11 is 0. The van der Waals surface area contributed by atoms with Crippen molar-refractivity contribution >= 4 is 0 Å². The first kappa shape index (κ1) is 15.2. The van der Waals surface area contributed by atoms with E-state index in [-0.39, 0.29) is 11.6 Å². The van der Waals surface area contributed by atoms with E-state index in [2.05, 4.69) is 63.1 Å². The summed E-state index contributed by atoms with van der Waals surface area (Å²) in [6.45, 7) is 7.74. The highest BCUT2D eigenvalue weighted by Crippen LogP contribution is 2.17. The van der Waals surface area contributed by atoms with Gasteiger partial charge in [-0.25, -0.2) is 0 Å². The molecular formula is C16H28N2. The summed E-state index contributed by atoms with van der Waals surface area (Å²) in [4.78, 5) is 2.38. The van der Waals surface area contributed by atoms with E-state index in [0.29, 0.717) is 0 Å². The molecule has 0 fully saturated rings. The Bertz CT molecular complexity index is 332. The van der Waals surface area contributed by atoms with E-state index < -0.39 is 0 Å². The molecule has 0 aliphatic rings. The fourth-order valence-electron chi connectivity index (χ4n) is 1.96. The second-order valence-corrected chi connectivity index (χ2v) is 5.83. The van der Waals surface area contributed by atoms with Crippen LogP contribution in [0.2, 0.25) is 0 Å². The molecule has 1 aromatic carbocycles. The van der Waals surface area contributed by atoms with Gasteiger partial charge in [-0.05, 0) is 45.7 Å². The molecule has 0 spiro atoms. The van der Waals surface area contributed by atoms with Gasteiger partial charge in [-0.15, -0.1) is 0 Å². The maximum Gasteiger partial charge on any atom is 0.0171 e. The highest BCUT2D eigenvalue weighted by atomic mass is 15.2. The Balaban J connectivity index is 2.36. The monoisotopic (exact) mass is 248 g/mol. The molecule has 1 unspecified atom stereocenters. The van der Waals surface area contributed by atoms with Gasteiger partial charge in [-0.2, -0.15) is 0 Å². The molecule has 0 bridgehead atoms. The van der Waals surface area contributed by atoms with Crippen LogP contribution in [-0.4, -0.2) is 30.1 Å². The second kappa shape index (κ2) is 6.91. The molecule has 2 N–H and O–H groups in total. The smallest absolute Gasteiger partial charge is 0.0171 e.